The van der Waals surface area contributed by atoms with Gasteiger partial charge in [0.1, 0.15) is 11.3 Å². The van der Waals surface area contributed by atoms with E-state index in [1.54, 1.807) is 18.3 Å². The highest BCUT2D eigenvalue weighted by molar-refractivity contribution is 7.90. The van der Waals surface area contributed by atoms with Gasteiger partial charge in [-0.25, -0.2) is 17.8 Å². The molecule has 0 N–H and O–H groups in total. The lowest BCUT2D eigenvalue weighted by Gasteiger charge is -2.24. The average Bonchev–Trinajstić information content (AvgIpc) is 3.00. The van der Waals surface area contributed by atoms with Gasteiger partial charge in [-0.15, -0.1) is 0 Å². The number of aromatic nitrogens is 2. The van der Waals surface area contributed by atoms with Crippen LogP contribution in [-0.2, 0) is 16.9 Å². The Morgan fingerprint density at radius 3 is 2.44 bits per heavy atom. The summed E-state index contributed by atoms with van der Waals surface area (Å²) < 4.78 is 42.0. The molecule has 0 spiro atoms. The highest BCUT2D eigenvalue weighted by Crippen LogP contribution is 2.37. The van der Waals surface area contributed by atoms with E-state index in [0.717, 1.165) is 34.7 Å². The van der Waals surface area contributed by atoms with Gasteiger partial charge in [0, 0.05) is 33.1 Å². The van der Waals surface area contributed by atoms with Gasteiger partial charge in [0.15, 0.2) is 9.84 Å². The number of nitrogens with zero attached hydrogens (tertiary/aromatic N) is 4. The third-order valence-corrected chi connectivity index (χ3v) is 6.61. The van der Waals surface area contributed by atoms with Gasteiger partial charge < -0.3 is 14.1 Å². The Labute approximate surface area is 160 Å². The van der Waals surface area contributed by atoms with Crippen LogP contribution in [0.1, 0.15) is 0 Å². The van der Waals surface area contributed by atoms with Crippen LogP contribution in [0.15, 0.2) is 41.6 Å². The predicted molar refractivity (Wildman–Crippen MR) is 111 cm³/mol. The van der Waals surface area contributed by atoms with E-state index in [-0.39, 0.29) is 4.90 Å². The number of hydrogen-bond donors (Lipinski definition) is 0. The molecule has 3 rings (SSSR count). The minimum Gasteiger partial charge on any atom is -0.355 e. The van der Waals surface area contributed by atoms with Gasteiger partial charge in [0.2, 0.25) is 0 Å². The van der Waals surface area contributed by atoms with E-state index >= 15 is 0 Å². The van der Waals surface area contributed by atoms with Crippen LogP contribution in [0.5, 0.6) is 0 Å². The molecule has 1 heterocycles. The first-order valence-corrected chi connectivity index (χ1v) is 11.6. The molecule has 1 aromatic heterocycles. The van der Waals surface area contributed by atoms with Crippen LogP contribution in [0, 0.1) is 5.82 Å². The molecule has 0 saturated carbocycles. The predicted octanol–water partition coefficient (Wildman–Crippen LogP) is 3.54. The van der Waals surface area contributed by atoms with Crippen molar-refractivity contribution in [2.75, 3.05) is 36.6 Å². The maximum absolute atomic E-state index is 14.6. The molecule has 0 bridgehead atoms. The van der Waals surface area contributed by atoms with Crippen molar-refractivity contribution in [1.29, 1.82) is 0 Å². The molecule has 1 unspecified atom stereocenters. The smallest absolute Gasteiger partial charge is 0.175 e. The van der Waals surface area contributed by atoms with Gasteiger partial charge in [-0.2, -0.15) is 0 Å². The summed E-state index contributed by atoms with van der Waals surface area (Å²) in [7, 11) is 2.76. The van der Waals surface area contributed by atoms with Crippen molar-refractivity contribution in [3.63, 3.8) is 0 Å². The number of fused-ring (bicyclic) bond motifs is 1. The Hall–Kier alpha value is -2.18. The van der Waals surface area contributed by atoms with E-state index in [0.29, 0.717) is 14.4 Å². The number of imidazole rings is 1. The summed E-state index contributed by atoms with van der Waals surface area (Å²) in [4.78, 5) is 6.16. The number of hydrogen-bond acceptors (Lipinski definition) is 5. The number of benzene rings is 2. The minimum atomic E-state index is -3.46. The molecule has 0 aliphatic heterocycles. The summed E-state index contributed by atoms with van der Waals surface area (Å²) in [5, 5.41) is 0. The van der Waals surface area contributed by atoms with E-state index in [4.69, 9.17) is 0 Å². The second-order valence-electron chi connectivity index (χ2n) is 6.42. The topological polar surface area (TPSA) is 58.4 Å². The van der Waals surface area contributed by atoms with Crippen LogP contribution in [-0.4, -0.2) is 45.0 Å². The van der Waals surface area contributed by atoms with Crippen LogP contribution in [0.3, 0.4) is 0 Å². The van der Waals surface area contributed by atoms with Crippen molar-refractivity contribution in [3.8, 4) is 0 Å². The Balaban J connectivity index is 2.13. The maximum Gasteiger partial charge on any atom is 0.175 e. The second kappa shape index (κ2) is 7.09. The van der Waals surface area contributed by atoms with Crippen LogP contribution in [0.4, 0.5) is 21.5 Å². The molecular formula is C18H22FN4O2PS. The average molecular weight is 408 g/mol. The highest BCUT2D eigenvalue weighted by atomic mass is 32.2. The first-order chi connectivity index (χ1) is 12.6. The lowest BCUT2D eigenvalue weighted by atomic mass is 10.2. The van der Waals surface area contributed by atoms with Gasteiger partial charge in [-0.1, -0.05) is 0 Å². The van der Waals surface area contributed by atoms with Crippen molar-refractivity contribution in [2.24, 2.45) is 7.05 Å². The van der Waals surface area contributed by atoms with Gasteiger partial charge >= 0.3 is 0 Å². The molecule has 6 nitrogen and oxygen atoms in total. The molecule has 3 aromatic rings. The van der Waals surface area contributed by atoms with Crippen LogP contribution in [0.2, 0.25) is 0 Å². The highest BCUT2D eigenvalue weighted by Gasteiger charge is 2.18. The SMILES string of the molecule is CPN(C)c1cc(N(C)c2ccc(S(C)(=O)=O)cc2F)cc2c1ncn2C. The number of halogens is 1. The van der Waals surface area contributed by atoms with Gasteiger partial charge in [-0.05, 0) is 45.7 Å². The van der Waals surface area contributed by atoms with Crippen molar-refractivity contribution in [1.82, 2.24) is 9.55 Å². The molecule has 0 saturated heterocycles. The van der Waals surface area contributed by atoms with Crippen molar-refractivity contribution in [3.05, 3.63) is 42.5 Å². The first kappa shape index (κ1) is 19.6. The third kappa shape index (κ3) is 3.64. The molecule has 9 heteroatoms. The molecule has 0 amide bonds. The molecular weight excluding hydrogens is 386 g/mol. The van der Waals surface area contributed by atoms with E-state index < -0.39 is 15.7 Å². The molecule has 0 aliphatic rings. The second-order valence-corrected chi connectivity index (χ2v) is 9.55. The Morgan fingerprint density at radius 2 is 1.85 bits per heavy atom. The van der Waals surface area contributed by atoms with Gasteiger partial charge in [0.25, 0.3) is 0 Å². The van der Waals surface area contributed by atoms with E-state index in [1.807, 2.05) is 30.8 Å². The lowest BCUT2D eigenvalue weighted by Crippen LogP contribution is -2.13. The number of aryl methyl sites for hydroxylation is 1. The molecule has 0 aliphatic carbocycles. The number of rotatable bonds is 5. The first-order valence-electron chi connectivity index (χ1n) is 8.23. The number of anilines is 3. The normalized spacial score (nSPS) is 12.2. The summed E-state index contributed by atoms with van der Waals surface area (Å²) in [6.07, 6.45) is 2.82. The molecule has 0 fully saturated rings. The van der Waals surface area contributed by atoms with Gasteiger partial charge in [-0.3, -0.25) is 0 Å². The Morgan fingerprint density at radius 1 is 1.15 bits per heavy atom. The number of sulfone groups is 1. The Bertz CT molecular complexity index is 1110. The molecule has 2 aromatic carbocycles. The quantitative estimate of drug-likeness (QED) is 0.605. The van der Waals surface area contributed by atoms with Crippen molar-refractivity contribution < 1.29 is 12.8 Å². The summed E-state index contributed by atoms with van der Waals surface area (Å²) in [5.74, 6) is -0.585. The van der Waals surface area contributed by atoms with E-state index in [1.165, 1.54) is 12.1 Å². The van der Waals surface area contributed by atoms with E-state index in [2.05, 4.69) is 16.3 Å². The van der Waals surface area contributed by atoms with E-state index in [9.17, 15) is 12.8 Å². The molecule has 144 valence electrons. The maximum atomic E-state index is 14.6. The van der Waals surface area contributed by atoms with Crippen molar-refractivity contribution >= 4 is 46.7 Å². The zero-order valence-corrected chi connectivity index (χ0v) is 17.7. The summed E-state index contributed by atoms with van der Waals surface area (Å²) in [5.41, 5.74) is 3.88. The fraction of sp³-hybridized carbons (Fsp3) is 0.278. The summed E-state index contributed by atoms with van der Waals surface area (Å²) in [6.45, 7) is 2.08. The van der Waals surface area contributed by atoms with Crippen molar-refractivity contribution in [2.45, 2.75) is 4.90 Å². The fourth-order valence-corrected chi connectivity index (χ4v) is 3.94. The van der Waals surface area contributed by atoms with Crippen LogP contribution < -0.4 is 9.57 Å². The van der Waals surface area contributed by atoms with Gasteiger partial charge in [0.05, 0.1) is 28.1 Å². The monoisotopic (exact) mass is 408 g/mol. The minimum absolute atomic E-state index is 0.0353. The standard InChI is InChI=1S/C18H22FN4O2PS/c1-21-11-20-18-16(21)8-12(9-17(18)23(3)26-4)22(2)15-7-6-13(10-14(15)19)27(5,24)25/h6-11,26H,1-5H3. The zero-order valence-electron chi connectivity index (χ0n) is 15.9. The summed E-state index contributed by atoms with van der Waals surface area (Å²) >= 11 is 0. The molecule has 1 atom stereocenters. The lowest BCUT2D eigenvalue weighted by molar-refractivity contribution is 0.596. The zero-order chi connectivity index (χ0) is 19.9. The van der Waals surface area contributed by atoms with Crippen LogP contribution in [0.25, 0.3) is 11.0 Å². The fourth-order valence-electron chi connectivity index (χ4n) is 2.90. The summed E-state index contributed by atoms with van der Waals surface area (Å²) in [6, 6.07) is 7.89. The molecule has 27 heavy (non-hydrogen) atoms. The van der Waals surface area contributed by atoms with Crippen LogP contribution >= 0.6 is 8.73 Å². The molecule has 0 radical (unpaired) electrons. The third-order valence-electron chi connectivity index (χ3n) is 4.59. The Kier molecular flexibility index (Phi) is 5.14. The largest absolute Gasteiger partial charge is 0.355 e.